The van der Waals surface area contributed by atoms with Crippen molar-refractivity contribution in [2.75, 3.05) is 13.1 Å². The lowest BCUT2D eigenvalue weighted by atomic mass is 9.99. The van der Waals surface area contributed by atoms with Gasteiger partial charge in [0, 0.05) is 19.1 Å². The molecule has 1 aromatic carbocycles. The number of nitrogens with two attached hydrogens (primary N) is 1. The molecule has 1 amide bonds. The molecule has 6 nitrogen and oxygen atoms in total. The molecule has 25 heavy (non-hydrogen) atoms. The number of aliphatic carboxylic acids is 1. The summed E-state index contributed by atoms with van der Waals surface area (Å²) in [5.41, 5.74) is 6.27. The molecule has 0 spiro atoms. The number of hydrogen-bond donors (Lipinski definition) is 2. The maximum Gasteiger partial charge on any atom is 0.410 e. The first-order valence-electron chi connectivity index (χ1n) is 8.61. The van der Waals surface area contributed by atoms with Gasteiger partial charge in [-0.15, -0.1) is 0 Å². The Morgan fingerprint density at radius 3 is 2.32 bits per heavy atom. The first-order valence-corrected chi connectivity index (χ1v) is 8.61. The molecule has 1 aromatic rings. The Labute approximate surface area is 150 Å². The van der Waals surface area contributed by atoms with Crippen molar-refractivity contribution in [3.63, 3.8) is 0 Å². The van der Waals surface area contributed by atoms with Crippen molar-refractivity contribution in [3.8, 4) is 0 Å². The molecule has 1 fully saturated rings. The van der Waals surface area contributed by atoms with Crippen LogP contribution in [0.3, 0.4) is 0 Å². The van der Waals surface area contributed by atoms with Crippen LogP contribution in [0.2, 0.25) is 0 Å². The molecule has 1 heterocycles. The minimum Gasteiger partial charge on any atom is -0.481 e. The van der Waals surface area contributed by atoms with E-state index in [1.165, 1.54) is 10.5 Å². The van der Waals surface area contributed by atoms with Gasteiger partial charge in [-0.3, -0.25) is 4.79 Å². The summed E-state index contributed by atoms with van der Waals surface area (Å²) < 4.78 is 5.20. The molecule has 1 saturated heterocycles. The van der Waals surface area contributed by atoms with Gasteiger partial charge in [0.25, 0.3) is 0 Å². The third-order valence-corrected chi connectivity index (χ3v) is 3.75. The van der Waals surface area contributed by atoms with Crippen LogP contribution in [0.15, 0.2) is 30.3 Å². The van der Waals surface area contributed by atoms with E-state index in [1.54, 1.807) is 20.8 Å². The summed E-state index contributed by atoms with van der Waals surface area (Å²) in [6, 6.07) is 10.2. The van der Waals surface area contributed by atoms with Crippen molar-refractivity contribution >= 4 is 12.1 Å². The molecule has 2 atom stereocenters. The van der Waals surface area contributed by atoms with Crippen molar-refractivity contribution < 1.29 is 19.4 Å². The summed E-state index contributed by atoms with van der Waals surface area (Å²) in [5.74, 6) is -1.30. The predicted molar refractivity (Wildman–Crippen MR) is 97.2 cm³/mol. The van der Waals surface area contributed by atoms with Gasteiger partial charge < -0.3 is 20.5 Å². The van der Waals surface area contributed by atoms with E-state index in [-0.39, 0.29) is 12.6 Å². The summed E-state index contributed by atoms with van der Waals surface area (Å²) in [5, 5.41) is 8.89. The zero-order valence-corrected chi connectivity index (χ0v) is 15.6. The molecule has 0 bridgehead atoms. The highest BCUT2D eigenvalue weighted by molar-refractivity contribution is 5.73. The summed E-state index contributed by atoms with van der Waals surface area (Å²) in [7, 11) is 0. The molecule has 0 unspecified atom stereocenters. The molecule has 140 valence electrons. The Balaban J connectivity index is 0.000000293. The number of likely N-dealkylation sites (tertiary alicyclic amines) is 1. The Morgan fingerprint density at radius 1 is 1.28 bits per heavy atom. The normalized spacial score (nSPS) is 18.6. The van der Waals surface area contributed by atoms with E-state index in [1.807, 2.05) is 37.3 Å². The monoisotopic (exact) mass is 350 g/mol. The lowest BCUT2D eigenvalue weighted by molar-refractivity contribution is -0.143. The van der Waals surface area contributed by atoms with Crippen LogP contribution in [0, 0.1) is 5.92 Å². The highest BCUT2D eigenvalue weighted by atomic mass is 16.6. The van der Waals surface area contributed by atoms with E-state index < -0.39 is 23.6 Å². The average Bonchev–Trinajstić information content (AvgIpc) is 2.55. The fourth-order valence-corrected chi connectivity index (χ4v) is 2.43. The maximum atomic E-state index is 11.7. The Kier molecular flexibility index (Phi) is 7.90. The highest BCUT2D eigenvalue weighted by Crippen LogP contribution is 2.19. The van der Waals surface area contributed by atoms with E-state index in [2.05, 4.69) is 0 Å². The van der Waals surface area contributed by atoms with Crippen molar-refractivity contribution in [3.05, 3.63) is 35.9 Å². The van der Waals surface area contributed by atoms with Gasteiger partial charge in [-0.2, -0.15) is 0 Å². The molecule has 2 rings (SSSR count). The van der Waals surface area contributed by atoms with Crippen molar-refractivity contribution in [2.24, 2.45) is 11.7 Å². The molecule has 3 N–H and O–H groups in total. The van der Waals surface area contributed by atoms with Crippen LogP contribution in [0.1, 0.15) is 52.1 Å². The van der Waals surface area contributed by atoms with Gasteiger partial charge in [0.2, 0.25) is 0 Å². The van der Waals surface area contributed by atoms with Crippen LogP contribution in [0.5, 0.6) is 0 Å². The zero-order valence-electron chi connectivity index (χ0n) is 15.6. The lowest BCUT2D eigenvalue weighted by Crippen LogP contribution is -2.44. The molecule has 6 heteroatoms. The second-order valence-electron chi connectivity index (χ2n) is 7.30. The Hall–Kier alpha value is -2.08. The number of carbonyl (C=O) groups is 2. The molecular weight excluding hydrogens is 320 g/mol. The number of hydrogen-bond acceptors (Lipinski definition) is 4. The molecule has 0 aromatic heterocycles. The van der Waals surface area contributed by atoms with Crippen LogP contribution in [-0.2, 0) is 9.53 Å². The third-order valence-electron chi connectivity index (χ3n) is 3.75. The van der Waals surface area contributed by atoms with Gasteiger partial charge in [0.05, 0.1) is 5.92 Å². The minimum absolute atomic E-state index is 0.159. The first kappa shape index (κ1) is 21.0. The number of carbonyl (C=O) groups excluding carboxylic acids is 1. The number of piperidine rings is 1. The maximum absolute atomic E-state index is 11.7. The topological polar surface area (TPSA) is 92.9 Å². The quantitative estimate of drug-likeness (QED) is 0.852. The van der Waals surface area contributed by atoms with Gasteiger partial charge in [0.15, 0.2) is 0 Å². The summed E-state index contributed by atoms with van der Waals surface area (Å²) in [4.78, 5) is 24.0. The van der Waals surface area contributed by atoms with E-state index >= 15 is 0 Å². The molecule has 1 aliphatic heterocycles. The molecule has 1 aliphatic rings. The summed E-state index contributed by atoms with van der Waals surface area (Å²) in [6.07, 6.45) is 0.934. The Morgan fingerprint density at radius 2 is 1.88 bits per heavy atom. The standard InChI is InChI=1S/C11H19NO4.C8H11N/c1-11(2,3)16-10(15)12-6-4-5-8(7-12)9(13)14;1-7(9)8-5-3-2-4-6-8/h8H,4-7H2,1-3H3,(H,13,14);2-7H,9H2,1H3/t8-;7-/m11/s1. The smallest absolute Gasteiger partial charge is 0.410 e. The third kappa shape index (κ3) is 8.03. The number of nitrogens with zero attached hydrogens (tertiary/aromatic N) is 1. The summed E-state index contributed by atoms with van der Waals surface area (Å²) >= 11 is 0. The van der Waals surface area contributed by atoms with E-state index in [4.69, 9.17) is 15.6 Å². The van der Waals surface area contributed by atoms with Crippen LogP contribution in [-0.4, -0.2) is 40.8 Å². The number of carboxylic acid groups (broad SMARTS) is 1. The van der Waals surface area contributed by atoms with Crippen LogP contribution in [0.25, 0.3) is 0 Å². The zero-order chi connectivity index (χ0) is 19.0. The van der Waals surface area contributed by atoms with Gasteiger partial charge in [-0.1, -0.05) is 30.3 Å². The average molecular weight is 350 g/mol. The van der Waals surface area contributed by atoms with Gasteiger partial charge in [-0.25, -0.2) is 4.79 Å². The second kappa shape index (κ2) is 9.42. The number of carboxylic acids is 1. The fourth-order valence-electron chi connectivity index (χ4n) is 2.43. The molecular formula is C19H30N2O4. The van der Waals surface area contributed by atoms with Crippen molar-refractivity contribution in [1.82, 2.24) is 4.90 Å². The fraction of sp³-hybridized carbons (Fsp3) is 0.579. The van der Waals surface area contributed by atoms with Crippen molar-refractivity contribution in [1.29, 1.82) is 0 Å². The lowest BCUT2D eigenvalue weighted by Gasteiger charge is -2.32. The van der Waals surface area contributed by atoms with Crippen LogP contribution in [0.4, 0.5) is 4.79 Å². The molecule has 0 aliphatic carbocycles. The van der Waals surface area contributed by atoms with Gasteiger partial charge >= 0.3 is 12.1 Å². The molecule has 0 saturated carbocycles. The molecule has 0 radical (unpaired) electrons. The van der Waals surface area contributed by atoms with E-state index in [9.17, 15) is 9.59 Å². The van der Waals surface area contributed by atoms with Gasteiger partial charge in [0.1, 0.15) is 5.60 Å². The minimum atomic E-state index is -0.840. The number of benzene rings is 1. The predicted octanol–water partition coefficient (Wildman–Crippen LogP) is 3.42. The number of rotatable bonds is 2. The van der Waals surface area contributed by atoms with Crippen LogP contribution < -0.4 is 5.73 Å². The van der Waals surface area contributed by atoms with E-state index in [0.29, 0.717) is 13.0 Å². The number of amides is 1. The summed E-state index contributed by atoms with van der Waals surface area (Å²) in [6.45, 7) is 8.20. The number of ether oxygens (including phenoxy) is 1. The van der Waals surface area contributed by atoms with Crippen LogP contribution >= 0.6 is 0 Å². The van der Waals surface area contributed by atoms with E-state index in [0.717, 1.165) is 6.42 Å². The SMILES string of the molecule is CC(C)(C)OC(=O)N1CCC[C@@H](C(=O)O)C1.C[C@@H](N)c1ccccc1. The van der Waals surface area contributed by atoms with Gasteiger partial charge in [-0.05, 0) is 46.1 Å². The highest BCUT2D eigenvalue weighted by Gasteiger charge is 2.30. The first-order chi connectivity index (χ1) is 11.6. The Bertz CT molecular complexity index is 552. The second-order valence-corrected chi connectivity index (χ2v) is 7.30. The van der Waals surface area contributed by atoms with Crippen molar-refractivity contribution in [2.45, 2.75) is 52.2 Å². The largest absolute Gasteiger partial charge is 0.481 e.